The van der Waals surface area contributed by atoms with E-state index in [4.69, 9.17) is 5.73 Å². The van der Waals surface area contributed by atoms with Gasteiger partial charge in [-0.1, -0.05) is 6.92 Å². The molecule has 0 aromatic carbocycles. The number of likely N-dealkylation sites (tertiary alicyclic amines) is 1. The average Bonchev–Trinajstić information content (AvgIpc) is 2.92. The molecule has 1 fully saturated rings. The van der Waals surface area contributed by atoms with E-state index in [1.807, 2.05) is 6.92 Å². The van der Waals surface area contributed by atoms with Gasteiger partial charge < -0.3 is 10.6 Å². The molecular weight excluding hydrogens is 356 g/mol. The number of sulfonamides is 1. The van der Waals surface area contributed by atoms with Crippen molar-refractivity contribution >= 4 is 31.8 Å². The number of hydrogen-bond acceptors (Lipinski definition) is 5. The van der Waals surface area contributed by atoms with Gasteiger partial charge in [-0.25, -0.2) is 18.1 Å². The SMILES string of the molecule is CC(CNS(=O)(=O)c1cc(Br)cnc1N)CN1CCCC1. The molecule has 1 aliphatic rings. The van der Waals surface area contributed by atoms with Crippen LogP contribution in [0.5, 0.6) is 0 Å². The zero-order chi connectivity index (χ0) is 15.5. The molecule has 2 rings (SSSR count). The Bertz CT molecular complexity index is 588. The maximum Gasteiger partial charge on any atom is 0.244 e. The second kappa shape index (κ2) is 7.04. The Labute approximate surface area is 134 Å². The number of halogens is 1. The van der Waals surface area contributed by atoms with Crippen LogP contribution >= 0.6 is 15.9 Å². The minimum absolute atomic E-state index is 0.0119. The predicted molar refractivity (Wildman–Crippen MR) is 86.4 cm³/mol. The standard InChI is InChI=1S/C13H21BrN4O2S/c1-10(9-18-4-2-3-5-18)7-17-21(19,20)12-6-11(14)8-16-13(12)15/h6,8,10,17H,2-5,7,9H2,1H3,(H2,15,16). The lowest BCUT2D eigenvalue weighted by Gasteiger charge is -2.20. The normalized spacial score (nSPS) is 18.0. The summed E-state index contributed by atoms with van der Waals surface area (Å²) in [5.41, 5.74) is 5.65. The maximum absolute atomic E-state index is 12.3. The first-order valence-corrected chi connectivity index (χ1v) is 9.29. The van der Waals surface area contributed by atoms with E-state index in [2.05, 4.69) is 30.5 Å². The highest BCUT2D eigenvalue weighted by Crippen LogP contribution is 2.20. The number of nitrogens with two attached hydrogens (primary N) is 1. The largest absolute Gasteiger partial charge is 0.383 e. The topological polar surface area (TPSA) is 88.3 Å². The van der Waals surface area contributed by atoms with Crippen molar-refractivity contribution in [1.29, 1.82) is 0 Å². The molecule has 3 N–H and O–H groups in total. The molecule has 0 saturated carbocycles. The molecule has 21 heavy (non-hydrogen) atoms. The summed E-state index contributed by atoms with van der Waals surface area (Å²) in [6, 6.07) is 1.47. The van der Waals surface area contributed by atoms with Gasteiger partial charge in [-0.15, -0.1) is 0 Å². The molecule has 1 unspecified atom stereocenters. The summed E-state index contributed by atoms with van der Waals surface area (Å²) < 4.78 is 27.8. The van der Waals surface area contributed by atoms with Gasteiger partial charge in [0.1, 0.15) is 10.7 Å². The Morgan fingerprint density at radius 2 is 2.14 bits per heavy atom. The average molecular weight is 377 g/mol. The van der Waals surface area contributed by atoms with Gasteiger partial charge in [-0.3, -0.25) is 0 Å². The molecule has 0 bridgehead atoms. The van der Waals surface area contributed by atoms with Crippen LogP contribution in [0, 0.1) is 5.92 Å². The van der Waals surface area contributed by atoms with E-state index in [0.717, 1.165) is 19.6 Å². The molecule has 0 amide bonds. The summed E-state index contributed by atoms with van der Waals surface area (Å²) in [5.74, 6) is 0.261. The van der Waals surface area contributed by atoms with Crippen LogP contribution in [0.15, 0.2) is 21.6 Å². The van der Waals surface area contributed by atoms with Crippen LogP contribution in [-0.4, -0.2) is 44.5 Å². The van der Waals surface area contributed by atoms with Crippen molar-refractivity contribution < 1.29 is 8.42 Å². The first-order chi connectivity index (χ1) is 9.88. The third-order valence-corrected chi connectivity index (χ3v) is 5.41. The number of pyridine rings is 1. The summed E-state index contributed by atoms with van der Waals surface area (Å²) in [7, 11) is -3.63. The minimum Gasteiger partial charge on any atom is -0.383 e. The molecule has 8 heteroatoms. The van der Waals surface area contributed by atoms with Crippen molar-refractivity contribution in [2.75, 3.05) is 31.9 Å². The second-order valence-electron chi connectivity index (χ2n) is 5.50. The molecular formula is C13H21BrN4O2S. The van der Waals surface area contributed by atoms with E-state index >= 15 is 0 Å². The van der Waals surface area contributed by atoms with Crippen molar-refractivity contribution in [2.45, 2.75) is 24.7 Å². The first kappa shape index (κ1) is 16.7. The molecule has 1 saturated heterocycles. The van der Waals surface area contributed by atoms with Crippen molar-refractivity contribution in [3.63, 3.8) is 0 Å². The van der Waals surface area contributed by atoms with Crippen LogP contribution < -0.4 is 10.5 Å². The van der Waals surface area contributed by atoms with Gasteiger partial charge in [0.2, 0.25) is 10.0 Å². The summed E-state index contributed by atoms with van der Waals surface area (Å²) in [5, 5.41) is 0. The third kappa shape index (κ3) is 4.64. The Morgan fingerprint density at radius 3 is 2.81 bits per heavy atom. The molecule has 1 aromatic heterocycles. The van der Waals surface area contributed by atoms with Gasteiger partial charge in [0.25, 0.3) is 0 Å². The summed E-state index contributed by atoms with van der Waals surface area (Å²) >= 11 is 3.21. The summed E-state index contributed by atoms with van der Waals surface area (Å²) in [6.07, 6.45) is 3.95. The number of rotatable bonds is 6. The first-order valence-electron chi connectivity index (χ1n) is 7.01. The number of nitrogen functional groups attached to an aromatic ring is 1. The van der Waals surface area contributed by atoms with Gasteiger partial charge in [-0.2, -0.15) is 0 Å². The maximum atomic E-state index is 12.3. The molecule has 1 aromatic rings. The molecule has 6 nitrogen and oxygen atoms in total. The van der Waals surface area contributed by atoms with Crippen molar-refractivity contribution in [1.82, 2.24) is 14.6 Å². The van der Waals surface area contributed by atoms with Gasteiger partial charge >= 0.3 is 0 Å². The molecule has 118 valence electrons. The van der Waals surface area contributed by atoms with Gasteiger partial charge in [0.05, 0.1) is 0 Å². The van der Waals surface area contributed by atoms with Crippen LogP contribution in [0.4, 0.5) is 5.82 Å². The smallest absolute Gasteiger partial charge is 0.244 e. The molecule has 0 spiro atoms. The molecule has 0 radical (unpaired) electrons. The van der Waals surface area contributed by atoms with E-state index in [1.165, 1.54) is 25.1 Å². The fourth-order valence-corrected chi connectivity index (χ4v) is 4.20. The van der Waals surface area contributed by atoms with E-state index in [0.29, 0.717) is 11.0 Å². The van der Waals surface area contributed by atoms with Crippen LogP contribution in [0.2, 0.25) is 0 Å². The van der Waals surface area contributed by atoms with E-state index in [9.17, 15) is 8.42 Å². The van der Waals surface area contributed by atoms with E-state index in [-0.39, 0.29) is 16.6 Å². The van der Waals surface area contributed by atoms with Gasteiger partial charge in [-0.05, 0) is 53.8 Å². The number of nitrogens with zero attached hydrogens (tertiary/aromatic N) is 2. The highest BCUT2D eigenvalue weighted by atomic mass is 79.9. The fourth-order valence-electron chi connectivity index (χ4n) is 2.45. The number of anilines is 1. The van der Waals surface area contributed by atoms with E-state index < -0.39 is 10.0 Å². The Hall–Kier alpha value is -0.700. The van der Waals surface area contributed by atoms with Crippen LogP contribution in [0.1, 0.15) is 19.8 Å². The highest BCUT2D eigenvalue weighted by molar-refractivity contribution is 9.10. The molecule has 1 aliphatic heterocycles. The second-order valence-corrected chi connectivity index (χ2v) is 8.15. The minimum atomic E-state index is -3.63. The third-order valence-electron chi connectivity index (χ3n) is 3.53. The van der Waals surface area contributed by atoms with E-state index in [1.54, 1.807) is 0 Å². The Balaban J connectivity index is 1.95. The van der Waals surface area contributed by atoms with Crippen LogP contribution in [0.3, 0.4) is 0 Å². The van der Waals surface area contributed by atoms with Crippen molar-refractivity contribution in [3.05, 3.63) is 16.7 Å². The van der Waals surface area contributed by atoms with Crippen LogP contribution in [-0.2, 0) is 10.0 Å². The Kier molecular flexibility index (Phi) is 5.59. The van der Waals surface area contributed by atoms with Crippen LogP contribution in [0.25, 0.3) is 0 Å². The summed E-state index contributed by atoms with van der Waals surface area (Å²) in [4.78, 5) is 6.25. The molecule has 1 atom stereocenters. The number of hydrogen-bond donors (Lipinski definition) is 2. The number of nitrogens with one attached hydrogen (secondary N) is 1. The Morgan fingerprint density at radius 1 is 1.48 bits per heavy atom. The van der Waals surface area contributed by atoms with Gasteiger partial charge in [0.15, 0.2) is 0 Å². The number of aromatic nitrogens is 1. The molecule has 2 heterocycles. The lowest BCUT2D eigenvalue weighted by atomic mass is 10.2. The lowest BCUT2D eigenvalue weighted by molar-refractivity contribution is 0.288. The van der Waals surface area contributed by atoms with Gasteiger partial charge in [0, 0.05) is 23.8 Å². The quantitative estimate of drug-likeness (QED) is 0.783. The predicted octanol–water partition coefficient (Wildman–Crippen LogP) is 1.44. The monoisotopic (exact) mass is 376 g/mol. The van der Waals surface area contributed by atoms with Crippen molar-refractivity contribution in [2.24, 2.45) is 5.92 Å². The zero-order valence-electron chi connectivity index (χ0n) is 12.0. The summed E-state index contributed by atoms with van der Waals surface area (Å²) in [6.45, 7) is 5.57. The molecule has 0 aliphatic carbocycles. The zero-order valence-corrected chi connectivity index (χ0v) is 14.5. The fraction of sp³-hybridized carbons (Fsp3) is 0.615. The highest BCUT2D eigenvalue weighted by Gasteiger charge is 2.21. The van der Waals surface area contributed by atoms with Crippen molar-refractivity contribution in [3.8, 4) is 0 Å². The lowest BCUT2D eigenvalue weighted by Crippen LogP contribution is -2.34.